The van der Waals surface area contributed by atoms with Crippen LogP contribution in [0.3, 0.4) is 0 Å². The van der Waals surface area contributed by atoms with Crippen LogP contribution in [0.5, 0.6) is 5.75 Å². The second-order valence-electron chi connectivity index (χ2n) is 6.55. The van der Waals surface area contributed by atoms with Crippen LogP contribution in [0.1, 0.15) is 15.4 Å². The molecule has 0 saturated heterocycles. The van der Waals surface area contributed by atoms with Gasteiger partial charge >= 0.3 is 0 Å². The number of benzene rings is 2. The Labute approximate surface area is 177 Å². The van der Waals surface area contributed by atoms with Crippen molar-refractivity contribution in [2.75, 3.05) is 12.4 Å². The first-order chi connectivity index (χ1) is 14.6. The zero-order chi connectivity index (χ0) is 21.1. The molecule has 0 unspecified atom stereocenters. The fraction of sp³-hybridized carbons (Fsp3) is 0.0870. The maximum atomic E-state index is 13.1. The highest BCUT2D eigenvalue weighted by molar-refractivity contribution is 7.12. The van der Waals surface area contributed by atoms with E-state index in [9.17, 15) is 9.59 Å². The second kappa shape index (κ2) is 8.34. The third-order valence-corrected chi connectivity index (χ3v) is 5.48. The molecule has 7 heteroatoms. The van der Waals surface area contributed by atoms with Crippen molar-refractivity contribution in [3.8, 4) is 22.6 Å². The van der Waals surface area contributed by atoms with E-state index < -0.39 is 0 Å². The summed E-state index contributed by atoms with van der Waals surface area (Å²) in [5.74, 6) is 0.701. The number of ether oxygens (including phenoxy) is 1. The van der Waals surface area contributed by atoms with Gasteiger partial charge in [-0.15, -0.1) is 11.3 Å². The van der Waals surface area contributed by atoms with Crippen LogP contribution in [0.2, 0.25) is 0 Å². The van der Waals surface area contributed by atoms with Crippen LogP contribution in [0.25, 0.3) is 16.8 Å². The van der Waals surface area contributed by atoms with Gasteiger partial charge < -0.3 is 10.1 Å². The molecule has 0 aliphatic rings. The van der Waals surface area contributed by atoms with Crippen molar-refractivity contribution in [1.29, 1.82) is 0 Å². The molecule has 2 aromatic carbocycles. The maximum absolute atomic E-state index is 13.1. The number of hydrogen-bond acceptors (Lipinski definition) is 5. The molecule has 1 N–H and O–H groups in total. The average molecular weight is 417 g/mol. The minimum Gasteiger partial charge on any atom is -0.497 e. The van der Waals surface area contributed by atoms with Gasteiger partial charge in [-0.2, -0.15) is 5.10 Å². The van der Waals surface area contributed by atoms with E-state index >= 15 is 0 Å². The molecular weight excluding hydrogens is 398 g/mol. The van der Waals surface area contributed by atoms with E-state index in [1.54, 1.807) is 49.0 Å². The van der Waals surface area contributed by atoms with Crippen molar-refractivity contribution >= 4 is 23.1 Å². The zero-order valence-electron chi connectivity index (χ0n) is 16.5. The number of anilines is 1. The average Bonchev–Trinajstić information content (AvgIpc) is 3.32. The number of amides is 1. The SMILES string of the molecule is COc1ccc(-c2c(NC(=O)c3cccs3)n(-c3ccccc3)nc(C)c2=O)cc1. The van der Waals surface area contributed by atoms with Gasteiger partial charge in [-0.3, -0.25) is 9.59 Å². The lowest BCUT2D eigenvalue weighted by molar-refractivity contribution is 0.102. The quantitative estimate of drug-likeness (QED) is 0.518. The van der Waals surface area contributed by atoms with E-state index in [2.05, 4.69) is 10.4 Å². The summed E-state index contributed by atoms with van der Waals surface area (Å²) in [6, 6.07) is 20.1. The van der Waals surface area contributed by atoms with Crippen LogP contribution in [0.15, 0.2) is 76.9 Å². The van der Waals surface area contributed by atoms with E-state index in [4.69, 9.17) is 4.74 Å². The third kappa shape index (κ3) is 3.75. The Hall–Kier alpha value is -3.71. The smallest absolute Gasteiger partial charge is 0.266 e. The number of para-hydroxylation sites is 1. The van der Waals surface area contributed by atoms with Gasteiger partial charge in [-0.05, 0) is 48.2 Å². The van der Waals surface area contributed by atoms with Gasteiger partial charge in [0.1, 0.15) is 17.3 Å². The van der Waals surface area contributed by atoms with Crippen molar-refractivity contribution in [2.45, 2.75) is 6.92 Å². The molecule has 4 rings (SSSR count). The van der Waals surface area contributed by atoms with Crippen molar-refractivity contribution < 1.29 is 9.53 Å². The summed E-state index contributed by atoms with van der Waals surface area (Å²) in [7, 11) is 1.58. The number of carbonyl (C=O) groups is 1. The summed E-state index contributed by atoms with van der Waals surface area (Å²) >= 11 is 1.33. The fourth-order valence-corrected chi connectivity index (χ4v) is 3.73. The van der Waals surface area contributed by atoms with Gasteiger partial charge in [0.25, 0.3) is 5.91 Å². The summed E-state index contributed by atoms with van der Waals surface area (Å²) in [4.78, 5) is 26.6. The predicted octanol–water partition coefficient (Wildman–Crippen LogP) is 4.53. The molecule has 0 saturated carbocycles. The van der Waals surface area contributed by atoms with E-state index in [1.165, 1.54) is 11.3 Å². The van der Waals surface area contributed by atoms with Gasteiger partial charge in [0, 0.05) is 0 Å². The molecule has 0 aliphatic heterocycles. The molecule has 2 heterocycles. The standard InChI is InChI=1S/C23H19N3O3S/c1-15-21(27)20(16-10-12-18(29-2)13-11-16)22(24-23(28)19-9-6-14-30-19)26(25-15)17-7-4-3-5-8-17/h3-14H,1-2H3,(H,24,28). The fourth-order valence-electron chi connectivity index (χ4n) is 3.11. The van der Waals surface area contributed by atoms with Crippen LogP contribution >= 0.6 is 11.3 Å². The highest BCUT2D eigenvalue weighted by Gasteiger charge is 2.21. The summed E-state index contributed by atoms with van der Waals surface area (Å²) in [6.07, 6.45) is 0. The molecule has 0 radical (unpaired) electrons. The van der Waals surface area contributed by atoms with E-state index in [1.807, 2.05) is 41.8 Å². The molecule has 1 amide bonds. The topological polar surface area (TPSA) is 73.2 Å². The van der Waals surface area contributed by atoms with Gasteiger partial charge in [-0.25, -0.2) is 4.68 Å². The number of methoxy groups -OCH3 is 1. The predicted molar refractivity (Wildman–Crippen MR) is 119 cm³/mol. The number of nitrogens with one attached hydrogen (secondary N) is 1. The Balaban J connectivity index is 1.95. The van der Waals surface area contributed by atoms with Crippen LogP contribution in [-0.2, 0) is 0 Å². The normalized spacial score (nSPS) is 10.6. The number of aromatic nitrogens is 2. The molecule has 2 aromatic heterocycles. The highest BCUT2D eigenvalue weighted by atomic mass is 32.1. The Morgan fingerprint density at radius 1 is 1.03 bits per heavy atom. The van der Waals surface area contributed by atoms with Crippen LogP contribution in [0.4, 0.5) is 5.82 Å². The molecule has 0 atom stereocenters. The van der Waals surface area contributed by atoms with Crippen molar-refractivity contribution in [3.05, 3.63) is 92.9 Å². The monoisotopic (exact) mass is 417 g/mol. The summed E-state index contributed by atoms with van der Waals surface area (Å²) in [5.41, 5.74) is 1.86. The Morgan fingerprint density at radius 2 is 1.77 bits per heavy atom. The largest absolute Gasteiger partial charge is 0.497 e. The first-order valence-corrected chi connectivity index (χ1v) is 10.1. The van der Waals surface area contributed by atoms with Gasteiger partial charge in [0.15, 0.2) is 0 Å². The minimum atomic E-state index is -0.297. The van der Waals surface area contributed by atoms with Gasteiger partial charge in [0.2, 0.25) is 5.43 Å². The number of rotatable bonds is 5. The maximum Gasteiger partial charge on any atom is 0.266 e. The number of nitrogens with zero attached hydrogens (tertiary/aromatic N) is 2. The molecule has 30 heavy (non-hydrogen) atoms. The van der Waals surface area contributed by atoms with Crippen LogP contribution < -0.4 is 15.5 Å². The van der Waals surface area contributed by atoms with Crippen molar-refractivity contribution in [3.63, 3.8) is 0 Å². The molecule has 0 aliphatic carbocycles. The summed E-state index contributed by atoms with van der Waals surface area (Å²) < 4.78 is 6.83. The molecule has 0 bridgehead atoms. The molecule has 0 fully saturated rings. The highest BCUT2D eigenvalue weighted by Crippen LogP contribution is 2.29. The first kappa shape index (κ1) is 19.6. The lowest BCUT2D eigenvalue weighted by atomic mass is 10.0. The van der Waals surface area contributed by atoms with Crippen LogP contribution in [0, 0.1) is 6.92 Å². The van der Waals surface area contributed by atoms with E-state index in [-0.39, 0.29) is 11.3 Å². The number of hydrogen-bond donors (Lipinski definition) is 1. The Morgan fingerprint density at radius 3 is 2.40 bits per heavy atom. The number of aryl methyl sites for hydroxylation is 1. The lowest BCUT2D eigenvalue weighted by Crippen LogP contribution is -2.24. The minimum absolute atomic E-state index is 0.242. The summed E-state index contributed by atoms with van der Waals surface area (Å²) in [5, 5.41) is 9.21. The van der Waals surface area contributed by atoms with Gasteiger partial charge in [-0.1, -0.05) is 36.4 Å². The van der Waals surface area contributed by atoms with Crippen molar-refractivity contribution in [2.24, 2.45) is 0 Å². The third-order valence-electron chi connectivity index (χ3n) is 4.61. The van der Waals surface area contributed by atoms with Gasteiger partial charge in [0.05, 0.1) is 23.2 Å². The van der Waals surface area contributed by atoms with Crippen molar-refractivity contribution in [1.82, 2.24) is 9.78 Å². The lowest BCUT2D eigenvalue weighted by Gasteiger charge is -2.18. The summed E-state index contributed by atoms with van der Waals surface area (Å²) in [6.45, 7) is 1.67. The first-order valence-electron chi connectivity index (χ1n) is 9.27. The molecular formula is C23H19N3O3S. The zero-order valence-corrected chi connectivity index (χ0v) is 17.3. The molecule has 6 nitrogen and oxygen atoms in total. The second-order valence-corrected chi connectivity index (χ2v) is 7.49. The van der Waals surface area contributed by atoms with E-state index in [0.29, 0.717) is 33.3 Å². The Kier molecular flexibility index (Phi) is 5.45. The number of carbonyl (C=O) groups excluding carboxylic acids is 1. The number of thiophene rings is 1. The molecule has 150 valence electrons. The van der Waals surface area contributed by atoms with Crippen LogP contribution in [-0.4, -0.2) is 22.8 Å². The molecule has 0 spiro atoms. The molecule has 4 aromatic rings. The van der Waals surface area contributed by atoms with E-state index in [0.717, 1.165) is 5.69 Å². The Bertz CT molecular complexity index is 1230.